The average molecular weight is 289 g/mol. The van der Waals surface area contributed by atoms with Gasteiger partial charge in [-0.05, 0) is 37.3 Å². The van der Waals surface area contributed by atoms with Crippen LogP contribution in [0, 0.1) is 5.92 Å². The molecule has 3 N–H and O–H groups in total. The number of hydrogen-bond donors (Lipinski definition) is 2. The molecule has 0 saturated carbocycles. The molecule has 1 atom stereocenters. The lowest BCUT2D eigenvalue weighted by Crippen LogP contribution is -2.42. The van der Waals surface area contributed by atoms with Gasteiger partial charge in [-0.1, -0.05) is 18.2 Å². The van der Waals surface area contributed by atoms with Gasteiger partial charge in [0.2, 0.25) is 11.8 Å². The minimum Gasteiger partial charge on any atom is -0.376 e. The highest BCUT2D eigenvalue weighted by atomic mass is 16.2. The van der Waals surface area contributed by atoms with E-state index in [1.807, 2.05) is 35.2 Å². The summed E-state index contributed by atoms with van der Waals surface area (Å²) in [7, 11) is 0. The molecule has 21 heavy (non-hydrogen) atoms. The largest absolute Gasteiger partial charge is 0.376 e. The minimum atomic E-state index is -0.260. The summed E-state index contributed by atoms with van der Waals surface area (Å²) >= 11 is 0. The second-order valence-electron chi connectivity index (χ2n) is 5.57. The Bertz CT molecular complexity index is 476. The lowest BCUT2D eigenvalue weighted by molar-refractivity contribution is -0.131. The zero-order chi connectivity index (χ0) is 15.1. The summed E-state index contributed by atoms with van der Waals surface area (Å²) in [5, 5.41) is 3.14. The summed E-state index contributed by atoms with van der Waals surface area (Å²) in [6.45, 7) is 1.86. The summed E-state index contributed by atoms with van der Waals surface area (Å²) in [4.78, 5) is 25.0. The van der Waals surface area contributed by atoms with Gasteiger partial charge in [0.05, 0.1) is 6.54 Å². The van der Waals surface area contributed by atoms with Crippen LogP contribution in [0.4, 0.5) is 5.69 Å². The van der Waals surface area contributed by atoms with Gasteiger partial charge in [0.1, 0.15) is 0 Å². The summed E-state index contributed by atoms with van der Waals surface area (Å²) < 4.78 is 0. The van der Waals surface area contributed by atoms with Crippen molar-refractivity contribution in [3.63, 3.8) is 0 Å². The van der Waals surface area contributed by atoms with Crippen LogP contribution in [0.25, 0.3) is 0 Å². The van der Waals surface area contributed by atoms with Gasteiger partial charge in [-0.2, -0.15) is 0 Å². The lowest BCUT2D eigenvalue weighted by Gasteiger charge is -2.32. The molecule has 1 fully saturated rings. The van der Waals surface area contributed by atoms with Crippen molar-refractivity contribution in [1.82, 2.24) is 4.90 Å². The maximum Gasteiger partial charge on any atom is 0.241 e. The van der Waals surface area contributed by atoms with E-state index in [0.29, 0.717) is 18.9 Å². The number of nitrogens with two attached hydrogens (primary N) is 1. The quantitative estimate of drug-likeness (QED) is 0.835. The fourth-order valence-corrected chi connectivity index (χ4v) is 2.72. The number of primary amides is 1. The van der Waals surface area contributed by atoms with Crippen LogP contribution in [0.15, 0.2) is 30.3 Å². The van der Waals surface area contributed by atoms with E-state index in [2.05, 4.69) is 5.32 Å². The van der Waals surface area contributed by atoms with Gasteiger partial charge in [-0.3, -0.25) is 9.59 Å². The summed E-state index contributed by atoms with van der Waals surface area (Å²) in [6.07, 6.45) is 3.27. The van der Waals surface area contributed by atoms with Gasteiger partial charge in [-0.25, -0.2) is 0 Å². The number of hydrogen-bond acceptors (Lipinski definition) is 3. The number of carbonyl (C=O) groups is 2. The zero-order valence-corrected chi connectivity index (χ0v) is 12.3. The highest BCUT2D eigenvalue weighted by molar-refractivity contribution is 5.81. The highest BCUT2D eigenvalue weighted by Crippen LogP contribution is 2.21. The number of likely N-dealkylation sites (tertiary alicyclic amines) is 1. The van der Waals surface area contributed by atoms with Crippen LogP contribution in [0.3, 0.4) is 0 Å². The number of para-hydroxylation sites is 1. The standard InChI is InChI=1S/C16H23N3O2/c17-15(20)9-8-13-5-4-10-19(12-13)16(21)11-18-14-6-2-1-3-7-14/h1-3,6-7,13,18H,4-5,8-12H2,(H2,17,20). The fraction of sp³-hybridized carbons (Fsp3) is 0.500. The molecular weight excluding hydrogens is 266 g/mol. The molecule has 1 aliphatic rings. The maximum atomic E-state index is 12.2. The molecule has 1 aromatic carbocycles. The van der Waals surface area contributed by atoms with Crippen LogP contribution in [-0.4, -0.2) is 36.3 Å². The Labute approximate surface area is 125 Å². The Morgan fingerprint density at radius 1 is 1.29 bits per heavy atom. The highest BCUT2D eigenvalue weighted by Gasteiger charge is 2.23. The molecule has 5 nitrogen and oxygen atoms in total. The molecule has 1 heterocycles. The maximum absolute atomic E-state index is 12.2. The molecule has 0 aliphatic carbocycles. The molecule has 1 unspecified atom stereocenters. The van der Waals surface area contributed by atoms with Crippen molar-refractivity contribution in [2.45, 2.75) is 25.7 Å². The lowest BCUT2D eigenvalue weighted by atomic mass is 9.93. The third-order valence-electron chi connectivity index (χ3n) is 3.89. The number of anilines is 1. The molecule has 2 rings (SSSR count). The predicted octanol–water partition coefficient (Wildman–Crippen LogP) is 1.60. The second-order valence-corrected chi connectivity index (χ2v) is 5.57. The van der Waals surface area contributed by atoms with Gasteiger partial charge in [0, 0.05) is 25.2 Å². The first-order valence-corrected chi connectivity index (χ1v) is 7.50. The first-order chi connectivity index (χ1) is 10.1. The third-order valence-corrected chi connectivity index (χ3v) is 3.89. The minimum absolute atomic E-state index is 0.114. The Balaban J connectivity index is 1.77. The van der Waals surface area contributed by atoms with Crippen LogP contribution in [-0.2, 0) is 9.59 Å². The second kappa shape index (κ2) is 7.67. The Hall–Kier alpha value is -2.04. The van der Waals surface area contributed by atoms with E-state index in [4.69, 9.17) is 5.73 Å². The van der Waals surface area contributed by atoms with E-state index in [1.54, 1.807) is 0 Å². The molecule has 1 aliphatic heterocycles. The van der Waals surface area contributed by atoms with Gasteiger partial charge >= 0.3 is 0 Å². The number of benzene rings is 1. The predicted molar refractivity (Wildman–Crippen MR) is 82.7 cm³/mol. The van der Waals surface area contributed by atoms with Crippen LogP contribution in [0.1, 0.15) is 25.7 Å². The van der Waals surface area contributed by atoms with Crippen LogP contribution >= 0.6 is 0 Å². The topological polar surface area (TPSA) is 75.4 Å². The van der Waals surface area contributed by atoms with Crippen molar-refractivity contribution < 1.29 is 9.59 Å². The molecule has 0 aromatic heterocycles. The monoisotopic (exact) mass is 289 g/mol. The van der Waals surface area contributed by atoms with Crippen molar-refractivity contribution in [2.75, 3.05) is 25.0 Å². The van der Waals surface area contributed by atoms with Crippen LogP contribution < -0.4 is 11.1 Å². The summed E-state index contributed by atoms with van der Waals surface area (Å²) in [5.74, 6) is 0.249. The van der Waals surface area contributed by atoms with E-state index in [0.717, 1.165) is 38.0 Å². The third kappa shape index (κ3) is 5.10. The number of rotatable bonds is 6. The smallest absolute Gasteiger partial charge is 0.241 e. The first-order valence-electron chi connectivity index (χ1n) is 7.50. The van der Waals surface area contributed by atoms with E-state index >= 15 is 0 Å². The van der Waals surface area contributed by atoms with E-state index in [9.17, 15) is 9.59 Å². The molecule has 0 bridgehead atoms. The van der Waals surface area contributed by atoms with Crippen LogP contribution in [0.5, 0.6) is 0 Å². The van der Waals surface area contributed by atoms with Crippen molar-refractivity contribution in [2.24, 2.45) is 11.7 Å². The molecule has 0 radical (unpaired) electrons. The van der Waals surface area contributed by atoms with E-state index in [1.165, 1.54) is 0 Å². The number of nitrogens with zero attached hydrogens (tertiary/aromatic N) is 1. The Morgan fingerprint density at radius 3 is 2.76 bits per heavy atom. The van der Waals surface area contributed by atoms with Crippen molar-refractivity contribution in [3.8, 4) is 0 Å². The summed E-state index contributed by atoms with van der Waals surface area (Å²) in [5.41, 5.74) is 6.14. The molecule has 0 spiro atoms. The molecule has 5 heteroatoms. The first kappa shape index (κ1) is 15.4. The molecular formula is C16H23N3O2. The summed E-state index contributed by atoms with van der Waals surface area (Å²) in [6, 6.07) is 9.71. The molecule has 2 amide bonds. The van der Waals surface area contributed by atoms with Gasteiger partial charge in [-0.15, -0.1) is 0 Å². The average Bonchev–Trinajstić information content (AvgIpc) is 2.52. The zero-order valence-electron chi connectivity index (χ0n) is 12.3. The van der Waals surface area contributed by atoms with Crippen molar-refractivity contribution >= 4 is 17.5 Å². The SMILES string of the molecule is NC(=O)CCC1CCCN(C(=O)CNc2ccccc2)C1. The molecule has 1 aromatic rings. The van der Waals surface area contributed by atoms with Gasteiger partial charge in [0.15, 0.2) is 0 Å². The van der Waals surface area contributed by atoms with Gasteiger partial charge in [0.25, 0.3) is 0 Å². The van der Waals surface area contributed by atoms with E-state index < -0.39 is 0 Å². The number of amides is 2. The van der Waals surface area contributed by atoms with Crippen molar-refractivity contribution in [1.29, 1.82) is 0 Å². The van der Waals surface area contributed by atoms with Gasteiger partial charge < -0.3 is 16.0 Å². The number of nitrogens with one attached hydrogen (secondary N) is 1. The van der Waals surface area contributed by atoms with Crippen molar-refractivity contribution in [3.05, 3.63) is 30.3 Å². The fourth-order valence-electron chi connectivity index (χ4n) is 2.72. The number of piperidine rings is 1. The Morgan fingerprint density at radius 2 is 2.05 bits per heavy atom. The Kier molecular flexibility index (Phi) is 5.60. The normalized spacial score (nSPS) is 18.3. The molecule has 1 saturated heterocycles. The van der Waals surface area contributed by atoms with Crippen LogP contribution in [0.2, 0.25) is 0 Å². The molecule has 114 valence electrons. The number of carbonyl (C=O) groups excluding carboxylic acids is 2. The van der Waals surface area contributed by atoms with E-state index in [-0.39, 0.29) is 11.8 Å².